The molecule has 1 aliphatic carbocycles. The predicted molar refractivity (Wildman–Crippen MR) is 133 cm³/mol. The Morgan fingerprint density at radius 1 is 1.21 bits per heavy atom. The number of amides is 1. The minimum atomic E-state index is 0.0259. The van der Waals surface area contributed by atoms with E-state index in [9.17, 15) is 4.79 Å². The van der Waals surface area contributed by atoms with Gasteiger partial charge < -0.3 is 24.6 Å². The summed E-state index contributed by atoms with van der Waals surface area (Å²) in [7, 11) is 0. The van der Waals surface area contributed by atoms with Crippen LogP contribution < -0.4 is 15.1 Å². The Kier molecular flexibility index (Phi) is 5.70. The Bertz CT molecular complexity index is 1070. The smallest absolute Gasteiger partial charge is 0.230 e. The minimum Gasteiger partial charge on any atom is -0.376 e. The van der Waals surface area contributed by atoms with Crippen molar-refractivity contribution in [2.75, 3.05) is 28.3 Å². The van der Waals surface area contributed by atoms with Gasteiger partial charge in [0.25, 0.3) is 0 Å². The number of rotatable bonds is 4. The molecule has 1 amide bonds. The standard InChI is InChI=1S/C27H34N4O3/c1-17(2)34-22-8-5-18(6-9-22)27(32)31-14-19-4-3-11-28-26(19)29-24-10-7-20(13-25(24)31)30-15-23-12-21(30)16-33-23/h3-4,7,10-11,13,17-18,21-23H,5-6,8-9,12,14-16H2,1-2H3,(H,28,29)/t18-,21?,22-,23-/m1/s1. The number of nitrogens with zero attached hydrogens (tertiary/aromatic N) is 3. The molecule has 2 aromatic rings. The van der Waals surface area contributed by atoms with E-state index in [1.54, 1.807) is 6.20 Å². The van der Waals surface area contributed by atoms with Crippen LogP contribution in [0.25, 0.3) is 0 Å². The first kappa shape index (κ1) is 21.9. The van der Waals surface area contributed by atoms with Crippen molar-refractivity contribution < 1.29 is 14.3 Å². The lowest BCUT2D eigenvalue weighted by Gasteiger charge is -2.34. The summed E-state index contributed by atoms with van der Waals surface area (Å²) in [5.74, 6) is 1.07. The van der Waals surface area contributed by atoms with Gasteiger partial charge in [-0.25, -0.2) is 4.98 Å². The van der Waals surface area contributed by atoms with E-state index >= 15 is 0 Å². The van der Waals surface area contributed by atoms with Crippen molar-refractivity contribution in [2.24, 2.45) is 5.92 Å². The van der Waals surface area contributed by atoms with Crippen LogP contribution in [-0.4, -0.2) is 48.4 Å². The molecule has 2 saturated heterocycles. The van der Waals surface area contributed by atoms with Crippen molar-refractivity contribution in [3.05, 3.63) is 42.1 Å². The van der Waals surface area contributed by atoms with Crippen LogP contribution in [0.4, 0.5) is 22.9 Å². The zero-order valence-electron chi connectivity index (χ0n) is 20.1. The molecule has 3 fully saturated rings. The number of hydrogen-bond donors (Lipinski definition) is 1. The first-order chi connectivity index (χ1) is 16.5. The molecule has 7 nitrogen and oxygen atoms in total. The van der Waals surface area contributed by atoms with Gasteiger partial charge in [-0.15, -0.1) is 0 Å². The quantitative estimate of drug-likeness (QED) is 0.715. The van der Waals surface area contributed by atoms with E-state index in [1.165, 1.54) is 5.69 Å². The second-order valence-electron chi connectivity index (χ2n) is 10.4. The largest absolute Gasteiger partial charge is 0.376 e. The number of benzene rings is 1. The second-order valence-corrected chi connectivity index (χ2v) is 10.4. The molecule has 3 aliphatic heterocycles. The highest BCUT2D eigenvalue weighted by atomic mass is 16.5. The van der Waals surface area contributed by atoms with Crippen molar-refractivity contribution in [1.29, 1.82) is 0 Å². The van der Waals surface area contributed by atoms with Gasteiger partial charge in [-0.1, -0.05) is 6.07 Å². The van der Waals surface area contributed by atoms with Crippen molar-refractivity contribution >= 4 is 28.8 Å². The Labute approximate surface area is 201 Å². The van der Waals surface area contributed by atoms with Crippen LogP contribution >= 0.6 is 0 Å². The average Bonchev–Trinajstić information content (AvgIpc) is 3.43. The molecule has 0 radical (unpaired) electrons. The Balaban J connectivity index is 1.30. The van der Waals surface area contributed by atoms with E-state index in [0.29, 0.717) is 18.7 Å². The van der Waals surface area contributed by atoms with Crippen LogP contribution in [0, 0.1) is 5.92 Å². The molecule has 0 spiro atoms. The third-order valence-corrected chi connectivity index (χ3v) is 7.73. The molecule has 7 heteroatoms. The summed E-state index contributed by atoms with van der Waals surface area (Å²) in [6.07, 6.45) is 7.37. The molecule has 1 saturated carbocycles. The number of anilines is 4. The zero-order valence-corrected chi connectivity index (χ0v) is 20.1. The van der Waals surface area contributed by atoms with Gasteiger partial charge >= 0.3 is 0 Å². The molecular weight excluding hydrogens is 428 g/mol. The number of aromatic nitrogens is 1. The number of ether oxygens (including phenoxy) is 2. The first-order valence-electron chi connectivity index (χ1n) is 12.7. The molecule has 4 aliphatic rings. The summed E-state index contributed by atoms with van der Waals surface area (Å²) < 4.78 is 11.8. The van der Waals surface area contributed by atoms with Crippen LogP contribution in [0.5, 0.6) is 0 Å². The van der Waals surface area contributed by atoms with E-state index in [1.807, 2.05) is 11.0 Å². The predicted octanol–water partition coefficient (Wildman–Crippen LogP) is 4.63. The Morgan fingerprint density at radius 2 is 2.06 bits per heavy atom. The topological polar surface area (TPSA) is 66.9 Å². The maximum absolute atomic E-state index is 14.0. The average molecular weight is 463 g/mol. The van der Waals surface area contributed by atoms with Crippen LogP contribution in [0.15, 0.2) is 36.5 Å². The van der Waals surface area contributed by atoms with Crippen molar-refractivity contribution in [3.63, 3.8) is 0 Å². The van der Waals surface area contributed by atoms with Gasteiger partial charge in [0.2, 0.25) is 5.91 Å². The van der Waals surface area contributed by atoms with Gasteiger partial charge in [0.1, 0.15) is 5.82 Å². The van der Waals surface area contributed by atoms with Crippen LogP contribution in [0.3, 0.4) is 0 Å². The SMILES string of the molecule is CC(C)O[C@H]1CC[C@H](C(=O)N2Cc3cccnc3Nc3ccc(N4C[C@H]5CC4CO5)cc32)CC1. The lowest BCUT2D eigenvalue weighted by molar-refractivity contribution is -0.124. The summed E-state index contributed by atoms with van der Waals surface area (Å²) >= 11 is 0. The maximum Gasteiger partial charge on any atom is 0.230 e. The normalized spacial score (nSPS) is 27.9. The minimum absolute atomic E-state index is 0.0259. The summed E-state index contributed by atoms with van der Waals surface area (Å²) in [6, 6.07) is 10.9. The van der Waals surface area contributed by atoms with Gasteiger partial charge in [0, 0.05) is 29.9 Å². The van der Waals surface area contributed by atoms with Crippen molar-refractivity contribution in [2.45, 2.75) is 76.9 Å². The third-order valence-electron chi connectivity index (χ3n) is 7.73. The number of carbonyl (C=O) groups is 1. The highest BCUT2D eigenvalue weighted by molar-refractivity contribution is 6.00. The van der Waals surface area contributed by atoms with Gasteiger partial charge in [0.05, 0.1) is 48.9 Å². The molecular formula is C27H34N4O3. The molecule has 34 heavy (non-hydrogen) atoms. The lowest BCUT2D eigenvalue weighted by Crippen LogP contribution is -2.39. The molecule has 2 bridgehead atoms. The highest BCUT2D eigenvalue weighted by Gasteiger charge is 2.40. The van der Waals surface area contributed by atoms with Crippen LogP contribution in [0.2, 0.25) is 0 Å². The molecule has 2 atom stereocenters. The summed E-state index contributed by atoms with van der Waals surface area (Å²) in [5, 5.41) is 3.50. The Hall–Kier alpha value is -2.64. The molecule has 1 unspecified atom stereocenters. The molecule has 180 valence electrons. The Morgan fingerprint density at radius 3 is 2.79 bits per heavy atom. The van der Waals surface area contributed by atoms with E-state index in [0.717, 1.165) is 68.0 Å². The summed E-state index contributed by atoms with van der Waals surface area (Å²) in [6.45, 7) is 6.41. The number of morpholine rings is 1. The molecule has 1 aromatic carbocycles. The van der Waals surface area contributed by atoms with E-state index in [4.69, 9.17) is 9.47 Å². The van der Waals surface area contributed by atoms with E-state index in [-0.39, 0.29) is 24.0 Å². The monoisotopic (exact) mass is 462 g/mol. The van der Waals surface area contributed by atoms with Gasteiger partial charge in [0.15, 0.2) is 0 Å². The number of carbonyl (C=O) groups excluding carboxylic acids is 1. The van der Waals surface area contributed by atoms with Crippen LogP contribution in [-0.2, 0) is 20.8 Å². The third kappa shape index (κ3) is 4.05. The molecule has 1 N–H and O–H groups in total. The number of fused-ring (bicyclic) bond motifs is 4. The highest BCUT2D eigenvalue weighted by Crippen LogP contribution is 2.42. The summed E-state index contributed by atoms with van der Waals surface area (Å²) in [5.41, 5.74) is 4.10. The van der Waals surface area contributed by atoms with Gasteiger partial charge in [-0.3, -0.25) is 4.79 Å². The number of hydrogen-bond acceptors (Lipinski definition) is 6. The molecule has 6 rings (SSSR count). The zero-order chi connectivity index (χ0) is 23.2. The van der Waals surface area contributed by atoms with E-state index < -0.39 is 0 Å². The van der Waals surface area contributed by atoms with Gasteiger partial charge in [-0.2, -0.15) is 0 Å². The fraction of sp³-hybridized carbons (Fsp3) is 0.556. The number of pyridine rings is 1. The first-order valence-corrected chi connectivity index (χ1v) is 12.7. The number of nitrogens with one attached hydrogen (secondary N) is 1. The molecule has 1 aromatic heterocycles. The lowest BCUT2D eigenvalue weighted by atomic mass is 9.86. The molecule has 4 heterocycles. The van der Waals surface area contributed by atoms with Gasteiger partial charge in [-0.05, 0) is 70.2 Å². The fourth-order valence-electron chi connectivity index (χ4n) is 6.05. The second kappa shape index (κ2) is 8.86. The fourth-order valence-corrected chi connectivity index (χ4v) is 6.05. The van der Waals surface area contributed by atoms with Crippen LogP contribution in [0.1, 0.15) is 51.5 Å². The summed E-state index contributed by atoms with van der Waals surface area (Å²) in [4.78, 5) is 23.0. The maximum atomic E-state index is 14.0. The van der Waals surface area contributed by atoms with Crippen molar-refractivity contribution in [3.8, 4) is 0 Å². The van der Waals surface area contributed by atoms with E-state index in [2.05, 4.69) is 53.3 Å². The van der Waals surface area contributed by atoms with Crippen molar-refractivity contribution in [1.82, 2.24) is 4.98 Å².